The number of esters is 1. The molecule has 1 aromatic carbocycles. The first-order valence-electron chi connectivity index (χ1n) is 4.78. The van der Waals surface area contributed by atoms with Gasteiger partial charge in [-0.05, 0) is 18.9 Å². The Morgan fingerprint density at radius 2 is 2.00 bits per heavy atom. The van der Waals surface area contributed by atoms with Crippen LogP contribution in [0.2, 0.25) is 0 Å². The Balaban J connectivity index is 2.38. The maximum atomic E-state index is 11.0. The van der Waals surface area contributed by atoms with Crippen LogP contribution in [0, 0.1) is 13.3 Å². The third-order valence-electron chi connectivity index (χ3n) is 1.87. The predicted octanol–water partition coefficient (Wildman–Crippen LogP) is 2.65. The first kappa shape index (κ1) is 10.8. The van der Waals surface area contributed by atoms with Crippen molar-refractivity contribution in [2.75, 3.05) is 0 Å². The van der Waals surface area contributed by atoms with E-state index in [1.807, 2.05) is 38.1 Å². The normalized spacial score (nSPS) is 9.86. The third kappa shape index (κ3) is 3.60. The van der Waals surface area contributed by atoms with E-state index >= 15 is 0 Å². The minimum Gasteiger partial charge on any atom is -0.461 e. The number of benzene rings is 1. The summed E-state index contributed by atoms with van der Waals surface area (Å²) in [7, 11) is 0. The van der Waals surface area contributed by atoms with E-state index in [0.717, 1.165) is 5.56 Å². The zero-order valence-electron chi connectivity index (χ0n) is 8.62. The Morgan fingerprint density at radius 3 is 2.57 bits per heavy atom. The minimum absolute atomic E-state index is 0.243. The maximum absolute atomic E-state index is 11.0. The largest absolute Gasteiger partial charge is 0.461 e. The standard InChI is InChI=1S/C12H15O2/c1-3-4-12(13)14-9-11-7-5-10(2)6-8-11/h4-8H,3,9H2,1-2H3. The van der Waals surface area contributed by atoms with Gasteiger partial charge in [-0.25, -0.2) is 0 Å². The second-order valence-corrected chi connectivity index (χ2v) is 3.21. The first-order chi connectivity index (χ1) is 6.72. The van der Waals surface area contributed by atoms with Gasteiger partial charge < -0.3 is 4.74 Å². The van der Waals surface area contributed by atoms with Crippen LogP contribution in [0.3, 0.4) is 0 Å². The van der Waals surface area contributed by atoms with Crippen LogP contribution in [0.4, 0.5) is 0 Å². The summed E-state index contributed by atoms with van der Waals surface area (Å²) in [5.74, 6) is -0.243. The number of aryl methyl sites for hydroxylation is 1. The minimum atomic E-state index is -0.243. The van der Waals surface area contributed by atoms with E-state index < -0.39 is 0 Å². The third-order valence-corrected chi connectivity index (χ3v) is 1.87. The van der Waals surface area contributed by atoms with E-state index in [-0.39, 0.29) is 5.97 Å². The molecule has 0 aliphatic carbocycles. The van der Waals surface area contributed by atoms with Crippen molar-refractivity contribution in [2.45, 2.75) is 26.9 Å². The lowest BCUT2D eigenvalue weighted by atomic mass is 10.2. The highest BCUT2D eigenvalue weighted by Crippen LogP contribution is 2.05. The zero-order chi connectivity index (χ0) is 10.4. The molecule has 0 bridgehead atoms. The lowest BCUT2D eigenvalue weighted by Gasteiger charge is -2.03. The second-order valence-electron chi connectivity index (χ2n) is 3.21. The van der Waals surface area contributed by atoms with E-state index in [0.29, 0.717) is 13.0 Å². The van der Waals surface area contributed by atoms with Gasteiger partial charge in [-0.1, -0.05) is 36.8 Å². The number of hydrogen-bond acceptors (Lipinski definition) is 2. The summed E-state index contributed by atoms with van der Waals surface area (Å²) >= 11 is 0. The van der Waals surface area contributed by atoms with Crippen molar-refractivity contribution in [3.05, 3.63) is 41.8 Å². The molecule has 0 atom stereocenters. The van der Waals surface area contributed by atoms with Crippen molar-refractivity contribution in [1.82, 2.24) is 0 Å². The fourth-order valence-electron chi connectivity index (χ4n) is 1.06. The van der Waals surface area contributed by atoms with Gasteiger partial charge in [-0.2, -0.15) is 0 Å². The molecule has 0 aliphatic rings. The molecule has 0 N–H and O–H groups in total. The average molecular weight is 191 g/mol. The van der Waals surface area contributed by atoms with Gasteiger partial charge in [0.15, 0.2) is 0 Å². The van der Waals surface area contributed by atoms with Crippen molar-refractivity contribution in [3.63, 3.8) is 0 Å². The summed E-state index contributed by atoms with van der Waals surface area (Å²) in [5.41, 5.74) is 2.23. The Bertz CT molecular complexity index is 288. The van der Waals surface area contributed by atoms with Gasteiger partial charge in [0.05, 0.1) is 6.42 Å². The molecule has 14 heavy (non-hydrogen) atoms. The monoisotopic (exact) mass is 191 g/mol. The Hall–Kier alpha value is -1.31. The highest BCUT2D eigenvalue weighted by atomic mass is 16.5. The Morgan fingerprint density at radius 1 is 1.36 bits per heavy atom. The van der Waals surface area contributed by atoms with Crippen LogP contribution in [0.25, 0.3) is 0 Å². The van der Waals surface area contributed by atoms with Crippen LogP contribution in [0.1, 0.15) is 24.5 Å². The average Bonchev–Trinajstić information content (AvgIpc) is 2.17. The summed E-state index contributed by atoms with van der Waals surface area (Å²) < 4.78 is 5.01. The quantitative estimate of drug-likeness (QED) is 0.684. The molecule has 1 rings (SSSR count). The number of ether oxygens (including phenoxy) is 1. The topological polar surface area (TPSA) is 26.3 Å². The van der Waals surface area contributed by atoms with Crippen molar-refractivity contribution in [1.29, 1.82) is 0 Å². The van der Waals surface area contributed by atoms with Gasteiger partial charge in [0.2, 0.25) is 0 Å². The smallest absolute Gasteiger partial charge is 0.310 e. The molecule has 0 heterocycles. The number of rotatable bonds is 4. The van der Waals surface area contributed by atoms with E-state index in [2.05, 4.69) is 0 Å². The van der Waals surface area contributed by atoms with E-state index in [4.69, 9.17) is 4.74 Å². The molecule has 0 aromatic heterocycles. The van der Waals surface area contributed by atoms with Gasteiger partial charge in [-0.15, -0.1) is 0 Å². The van der Waals surface area contributed by atoms with E-state index in [1.165, 1.54) is 12.0 Å². The Kier molecular flexibility index (Phi) is 4.17. The molecule has 75 valence electrons. The Labute approximate surface area is 84.9 Å². The molecule has 0 spiro atoms. The van der Waals surface area contributed by atoms with Crippen LogP contribution < -0.4 is 0 Å². The van der Waals surface area contributed by atoms with Gasteiger partial charge in [0.25, 0.3) is 0 Å². The predicted molar refractivity (Wildman–Crippen MR) is 55.6 cm³/mol. The summed E-state index contributed by atoms with van der Waals surface area (Å²) in [6.07, 6.45) is 2.25. The summed E-state index contributed by atoms with van der Waals surface area (Å²) in [6.45, 7) is 4.30. The van der Waals surface area contributed by atoms with Gasteiger partial charge in [0.1, 0.15) is 6.61 Å². The van der Waals surface area contributed by atoms with Crippen molar-refractivity contribution < 1.29 is 9.53 Å². The molecule has 1 aromatic rings. The van der Waals surface area contributed by atoms with Crippen molar-refractivity contribution in [2.24, 2.45) is 0 Å². The molecular weight excluding hydrogens is 176 g/mol. The zero-order valence-corrected chi connectivity index (χ0v) is 8.62. The SMILES string of the molecule is CC[CH]C(=O)OCc1ccc(C)cc1. The molecule has 0 fully saturated rings. The fraction of sp³-hybridized carbons (Fsp3) is 0.333. The van der Waals surface area contributed by atoms with Crippen LogP contribution in [-0.4, -0.2) is 5.97 Å². The first-order valence-corrected chi connectivity index (χ1v) is 4.78. The molecule has 0 unspecified atom stereocenters. The van der Waals surface area contributed by atoms with Crippen molar-refractivity contribution >= 4 is 5.97 Å². The van der Waals surface area contributed by atoms with Crippen LogP contribution >= 0.6 is 0 Å². The second kappa shape index (κ2) is 5.43. The highest BCUT2D eigenvalue weighted by molar-refractivity contribution is 5.78. The number of carbonyl (C=O) groups excluding carboxylic acids is 1. The van der Waals surface area contributed by atoms with Crippen LogP contribution in [0.15, 0.2) is 24.3 Å². The number of hydrogen-bond donors (Lipinski definition) is 0. The van der Waals surface area contributed by atoms with Gasteiger partial charge in [0, 0.05) is 0 Å². The molecule has 0 saturated carbocycles. The van der Waals surface area contributed by atoms with E-state index in [9.17, 15) is 4.79 Å². The molecule has 0 aliphatic heterocycles. The fourth-order valence-corrected chi connectivity index (χ4v) is 1.06. The molecular formula is C12H15O2. The van der Waals surface area contributed by atoms with Crippen LogP contribution in [0.5, 0.6) is 0 Å². The van der Waals surface area contributed by atoms with E-state index in [1.54, 1.807) is 0 Å². The summed E-state index contributed by atoms with van der Waals surface area (Å²) in [6, 6.07) is 7.95. The summed E-state index contributed by atoms with van der Waals surface area (Å²) in [4.78, 5) is 11.0. The summed E-state index contributed by atoms with van der Waals surface area (Å²) in [5, 5.41) is 0. The molecule has 1 radical (unpaired) electrons. The molecule has 0 amide bonds. The highest BCUT2D eigenvalue weighted by Gasteiger charge is 2.01. The molecule has 2 heteroatoms. The molecule has 0 saturated heterocycles. The van der Waals surface area contributed by atoms with Crippen LogP contribution in [-0.2, 0) is 16.1 Å². The lowest BCUT2D eigenvalue weighted by molar-refractivity contribution is -0.140. The maximum Gasteiger partial charge on any atom is 0.310 e. The van der Waals surface area contributed by atoms with Crippen molar-refractivity contribution in [3.8, 4) is 0 Å². The number of carbonyl (C=O) groups is 1. The molecule has 2 nitrogen and oxygen atoms in total. The van der Waals surface area contributed by atoms with Gasteiger partial charge in [-0.3, -0.25) is 4.79 Å². The lowest BCUT2D eigenvalue weighted by Crippen LogP contribution is -2.04. The van der Waals surface area contributed by atoms with Gasteiger partial charge >= 0.3 is 5.97 Å².